The molecule has 0 fully saturated rings. The Hall–Kier alpha value is -1.32. The number of hydrogen-bond donors (Lipinski definition) is 1. The maximum atomic E-state index is 12.4. The Balaban J connectivity index is 2.17. The number of nitrogens with two attached hydrogens (primary N) is 1. The molecule has 2 rings (SSSR count). The first-order valence-corrected chi connectivity index (χ1v) is 8.19. The number of anilines is 1. The molecule has 0 saturated carbocycles. The van der Waals surface area contributed by atoms with Crippen molar-refractivity contribution in [2.45, 2.75) is 30.4 Å². The molecule has 2 aromatic carbocycles. The van der Waals surface area contributed by atoms with E-state index in [1.807, 2.05) is 12.1 Å². The first-order valence-electron chi connectivity index (χ1n) is 6.49. The Bertz CT molecular complexity index is 623. The molecule has 0 bridgehead atoms. The zero-order chi connectivity index (χ0) is 14.7. The summed E-state index contributed by atoms with van der Waals surface area (Å²) in [4.78, 5) is 0.597. The van der Waals surface area contributed by atoms with Gasteiger partial charge in [-0.05, 0) is 35.2 Å². The molecule has 0 aliphatic carbocycles. The fourth-order valence-electron chi connectivity index (χ4n) is 1.92. The SMILES string of the molecule is CC(C)c1ccc(CS(=O)c2cc(N)ccc2Cl)cc1. The van der Waals surface area contributed by atoms with Gasteiger partial charge in [-0.2, -0.15) is 0 Å². The van der Waals surface area contributed by atoms with Crippen molar-refractivity contribution in [1.29, 1.82) is 0 Å². The lowest BCUT2D eigenvalue weighted by Gasteiger charge is -2.08. The van der Waals surface area contributed by atoms with Crippen LogP contribution in [-0.2, 0) is 16.6 Å². The summed E-state index contributed by atoms with van der Waals surface area (Å²) in [7, 11) is -1.19. The highest BCUT2D eigenvalue weighted by atomic mass is 35.5. The highest BCUT2D eigenvalue weighted by Gasteiger charge is 2.10. The molecular formula is C16H18ClNOS. The van der Waals surface area contributed by atoms with Crippen LogP contribution in [0.15, 0.2) is 47.4 Å². The van der Waals surface area contributed by atoms with Crippen LogP contribution in [0.25, 0.3) is 0 Å². The molecule has 20 heavy (non-hydrogen) atoms. The van der Waals surface area contributed by atoms with Crippen LogP contribution in [0.1, 0.15) is 30.9 Å². The van der Waals surface area contributed by atoms with E-state index in [0.29, 0.717) is 27.3 Å². The Morgan fingerprint density at radius 3 is 2.40 bits per heavy atom. The first-order chi connectivity index (χ1) is 9.47. The minimum Gasteiger partial charge on any atom is -0.399 e. The molecule has 106 valence electrons. The maximum absolute atomic E-state index is 12.4. The summed E-state index contributed by atoms with van der Waals surface area (Å²) in [5, 5.41) is 0.497. The van der Waals surface area contributed by atoms with Crippen molar-refractivity contribution in [3.05, 3.63) is 58.6 Å². The lowest BCUT2D eigenvalue weighted by molar-refractivity contribution is 0.682. The highest BCUT2D eigenvalue weighted by Crippen LogP contribution is 2.24. The van der Waals surface area contributed by atoms with Crippen molar-refractivity contribution in [3.8, 4) is 0 Å². The molecule has 0 amide bonds. The van der Waals surface area contributed by atoms with Gasteiger partial charge in [0.2, 0.25) is 0 Å². The van der Waals surface area contributed by atoms with Crippen LogP contribution in [0.4, 0.5) is 5.69 Å². The van der Waals surface area contributed by atoms with Gasteiger partial charge >= 0.3 is 0 Å². The molecular weight excluding hydrogens is 290 g/mol. The van der Waals surface area contributed by atoms with Crippen molar-refractivity contribution in [1.82, 2.24) is 0 Å². The molecule has 1 unspecified atom stereocenters. The minimum absolute atomic E-state index is 0.446. The molecule has 0 aromatic heterocycles. The molecule has 1 atom stereocenters. The van der Waals surface area contributed by atoms with E-state index >= 15 is 0 Å². The van der Waals surface area contributed by atoms with Crippen molar-refractivity contribution in [2.75, 3.05) is 5.73 Å². The molecule has 0 aliphatic heterocycles. The van der Waals surface area contributed by atoms with Crippen LogP contribution in [0.3, 0.4) is 0 Å². The second kappa shape index (κ2) is 6.42. The van der Waals surface area contributed by atoms with Gasteiger partial charge in [-0.3, -0.25) is 4.21 Å². The number of halogens is 1. The van der Waals surface area contributed by atoms with Gasteiger partial charge in [0.15, 0.2) is 0 Å². The second-order valence-electron chi connectivity index (χ2n) is 5.08. The summed E-state index contributed by atoms with van der Waals surface area (Å²) >= 11 is 6.08. The smallest absolute Gasteiger partial charge is 0.0598 e. The van der Waals surface area contributed by atoms with Crippen LogP contribution in [0, 0.1) is 0 Å². The molecule has 0 aliphatic rings. The van der Waals surface area contributed by atoms with Gasteiger partial charge in [-0.1, -0.05) is 49.7 Å². The van der Waals surface area contributed by atoms with E-state index in [0.717, 1.165) is 5.56 Å². The van der Waals surface area contributed by atoms with Crippen molar-refractivity contribution in [2.24, 2.45) is 0 Å². The topological polar surface area (TPSA) is 43.1 Å². The normalized spacial score (nSPS) is 12.6. The summed E-state index contributed by atoms with van der Waals surface area (Å²) in [6.45, 7) is 4.30. The van der Waals surface area contributed by atoms with Crippen molar-refractivity contribution < 1.29 is 4.21 Å². The maximum Gasteiger partial charge on any atom is 0.0598 e. The molecule has 0 heterocycles. The van der Waals surface area contributed by atoms with E-state index in [-0.39, 0.29) is 0 Å². The van der Waals surface area contributed by atoms with Gasteiger partial charge in [0, 0.05) is 5.69 Å². The lowest BCUT2D eigenvalue weighted by Crippen LogP contribution is -1.99. The Morgan fingerprint density at radius 1 is 1.15 bits per heavy atom. The van der Waals surface area contributed by atoms with Gasteiger partial charge in [0.1, 0.15) is 0 Å². The lowest BCUT2D eigenvalue weighted by atomic mass is 10.0. The first kappa shape index (κ1) is 15.1. The molecule has 4 heteroatoms. The predicted molar refractivity (Wildman–Crippen MR) is 86.5 cm³/mol. The average molecular weight is 308 g/mol. The van der Waals surface area contributed by atoms with Gasteiger partial charge in [-0.15, -0.1) is 0 Å². The number of benzene rings is 2. The molecule has 2 aromatic rings. The molecule has 0 saturated heterocycles. The quantitative estimate of drug-likeness (QED) is 0.853. The third kappa shape index (κ3) is 3.62. The van der Waals surface area contributed by atoms with Crippen molar-refractivity contribution >= 4 is 28.1 Å². The van der Waals surface area contributed by atoms with Crippen LogP contribution in [0.5, 0.6) is 0 Å². The van der Waals surface area contributed by atoms with Crippen LogP contribution < -0.4 is 5.73 Å². The van der Waals surface area contributed by atoms with E-state index in [1.165, 1.54) is 5.56 Å². The van der Waals surface area contributed by atoms with Crippen molar-refractivity contribution in [3.63, 3.8) is 0 Å². The van der Waals surface area contributed by atoms with E-state index in [9.17, 15) is 4.21 Å². The van der Waals surface area contributed by atoms with E-state index in [4.69, 9.17) is 17.3 Å². The highest BCUT2D eigenvalue weighted by molar-refractivity contribution is 7.84. The standard InChI is InChI=1S/C16H18ClNOS/c1-11(2)13-5-3-12(4-6-13)10-20(19)16-9-14(18)7-8-15(16)17/h3-9,11H,10,18H2,1-2H3. The number of rotatable bonds is 4. The van der Waals surface area contributed by atoms with E-state index in [2.05, 4.69) is 26.0 Å². The fraction of sp³-hybridized carbons (Fsp3) is 0.250. The summed E-state index contributed by atoms with van der Waals surface area (Å²) in [5.41, 5.74) is 8.61. The zero-order valence-corrected chi connectivity index (χ0v) is 13.2. The third-order valence-corrected chi connectivity index (χ3v) is 5.01. The van der Waals surface area contributed by atoms with Crippen LogP contribution >= 0.6 is 11.6 Å². The molecule has 2 nitrogen and oxygen atoms in total. The molecule has 0 radical (unpaired) electrons. The van der Waals surface area contributed by atoms with E-state index < -0.39 is 10.8 Å². The summed E-state index contributed by atoms with van der Waals surface area (Å²) < 4.78 is 12.4. The summed E-state index contributed by atoms with van der Waals surface area (Å²) in [5.74, 6) is 0.944. The third-order valence-electron chi connectivity index (χ3n) is 3.14. The minimum atomic E-state index is -1.19. The Kier molecular flexibility index (Phi) is 4.84. The predicted octanol–water partition coefficient (Wildman–Crippen LogP) is 4.35. The second-order valence-corrected chi connectivity index (χ2v) is 6.90. The summed E-state index contributed by atoms with van der Waals surface area (Å²) in [6, 6.07) is 13.3. The van der Waals surface area contributed by atoms with Gasteiger partial charge in [0.25, 0.3) is 0 Å². The van der Waals surface area contributed by atoms with Crippen LogP contribution in [0.2, 0.25) is 5.02 Å². The van der Waals surface area contributed by atoms with Gasteiger partial charge in [-0.25, -0.2) is 0 Å². The Labute approximate surface area is 127 Å². The largest absolute Gasteiger partial charge is 0.399 e. The fourth-order valence-corrected chi connectivity index (χ4v) is 3.50. The summed E-state index contributed by atoms with van der Waals surface area (Å²) in [6.07, 6.45) is 0. The molecule has 0 spiro atoms. The van der Waals surface area contributed by atoms with Gasteiger partial charge in [0.05, 0.1) is 26.5 Å². The van der Waals surface area contributed by atoms with E-state index in [1.54, 1.807) is 18.2 Å². The Morgan fingerprint density at radius 2 is 1.80 bits per heavy atom. The zero-order valence-electron chi connectivity index (χ0n) is 11.6. The molecule has 2 N–H and O–H groups in total. The monoisotopic (exact) mass is 307 g/mol. The number of nitrogen functional groups attached to an aromatic ring is 1. The number of hydrogen-bond acceptors (Lipinski definition) is 2. The van der Waals surface area contributed by atoms with Gasteiger partial charge < -0.3 is 5.73 Å². The average Bonchev–Trinajstić information content (AvgIpc) is 2.42. The van der Waals surface area contributed by atoms with Crippen LogP contribution in [-0.4, -0.2) is 4.21 Å².